The summed E-state index contributed by atoms with van der Waals surface area (Å²) in [4.78, 5) is 28.3. The Morgan fingerprint density at radius 2 is 1.20 bits per heavy atom. The van der Waals surface area contributed by atoms with Gasteiger partial charge in [-0.3, -0.25) is 19.0 Å². The van der Waals surface area contributed by atoms with E-state index >= 15 is 0 Å². The molecule has 0 aliphatic rings. The van der Waals surface area contributed by atoms with Crippen molar-refractivity contribution >= 4 is 23.4 Å². The molecule has 0 aliphatic heterocycles. The third-order valence-electron chi connectivity index (χ3n) is 10.0. The predicted molar refractivity (Wildman–Crippen MR) is 227 cm³/mol. The molecule has 0 N–H and O–H groups in total. The first-order valence-electron chi connectivity index (χ1n) is 19.5. The van der Waals surface area contributed by atoms with Crippen molar-refractivity contribution in [3.63, 3.8) is 0 Å². The van der Waals surface area contributed by atoms with Crippen molar-refractivity contribution in [3.8, 4) is 33.8 Å². The molecule has 10 nitrogen and oxygen atoms in total. The van der Waals surface area contributed by atoms with Crippen molar-refractivity contribution in [2.75, 3.05) is 28.3 Å². The normalized spacial score (nSPS) is 10.8. The molecule has 6 aromatic rings. The molecule has 0 saturated heterocycles. The van der Waals surface area contributed by atoms with Crippen LogP contribution in [0.25, 0.3) is 22.3 Å². The maximum absolute atomic E-state index is 13.6. The number of benzene rings is 4. The Balaban J connectivity index is 0.000000228. The average molecular weight is 843 g/mol. The molecule has 316 valence electrons. The van der Waals surface area contributed by atoms with Gasteiger partial charge >= 0.3 is 0 Å². The van der Waals surface area contributed by atoms with Crippen molar-refractivity contribution in [2.24, 2.45) is 0 Å². The summed E-state index contributed by atoms with van der Waals surface area (Å²) in [7, 11) is 6.58. The van der Waals surface area contributed by atoms with Crippen LogP contribution in [0.2, 0.25) is 5.02 Å². The Bertz CT molecular complexity index is 2370. The zero-order valence-corrected chi connectivity index (χ0v) is 35.5. The summed E-state index contributed by atoms with van der Waals surface area (Å²) in [6, 6.07) is 22.3. The average Bonchev–Trinajstić information content (AvgIpc) is 3.81. The van der Waals surface area contributed by atoms with Crippen molar-refractivity contribution in [1.82, 2.24) is 29.4 Å². The molecule has 0 spiro atoms. The van der Waals surface area contributed by atoms with Gasteiger partial charge in [0.1, 0.15) is 29.0 Å². The smallest absolute Gasteiger partial charge is 0.222 e. The van der Waals surface area contributed by atoms with E-state index in [0.717, 1.165) is 39.2 Å². The minimum Gasteiger partial charge on any atom is -0.496 e. The van der Waals surface area contributed by atoms with Crippen LogP contribution in [-0.2, 0) is 35.8 Å². The second-order valence-electron chi connectivity index (χ2n) is 14.4. The summed E-state index contributed by atoms with van der Waals surface area (Å²) in [6.07, 6.45) is 5.68. The van der Waals surface area contributed by atoms with Crippen molar-refractivity contribution in [3.05, 3.63) is 142 Å². The summed E-state index contributed by atoms with van der Waals surface area (Å²) < 4.78 is 54.1. The van der Waals surface area contributed by atoms with Crippen molar-refractivity contribution in [2.45, 2.75) is 65.7 Å². The molecule has 0 aliphatic carbocycles. The van der Waals surface area contributed by atoms with Crippen molar-refractivity contribution in [1.29, 1.82) is 0 Å². The summed E-state index contributed by atoms with van der Waals surface area (Å²) in [5.41, 5.74) is 7.07. The van der Waals surface area contributed by atoms with Gasteiger partial charge in [-0.15, -0.1) is 0 Å². The molecular formula is C46H50ClF3N6O4. The quantitative estimate of drug-likeness (QED) is 0.0964. The van der Waals surface area contributed by atoms with Gasteiger partial charge in [0.2, 0.25) is 11.8 Å². The van der Waals surface area contributed by atoms with Crippen LogP contribution in [0.5, 0.6) is 11.5 Å². The Morgan fingerprint density at radius 3 is 1.78 bits per heavy atom. The van der Waals surface area contributed by atoms with Crippen LogP contribution in [0.4, 0.5) is 13.2 Å². The summed E-state index contributed by atoms with van der Waals surface area (Å²) >= 11 is 6.05. The fourth-order valence-corrected chi connectivity index (χ4v) is 7.00. The molecule has 2 aromatic heterocycles. The number of aryl methyl sites for hydroxylation is 3. The zero-order chi connectivity index (χ0) is 43.3. The Kier molecular flexibility index (Phi) is 15.9. The van der Waals surface area contributed by atoms with Gasteiger partial charge in [0.05, 0.1) is 26.1 Å². The second kappa shape index (κ2) is 21.3. The van der Waals surface area contributed by atoms with Gasteiger partial charge in [-0.1, -0.05) is 35.9 Å². The highest BCUT2D eigenvalue weighted by Crippen LogP contribution is 2.28. The van der Waals surface area contributed by atoms with E-state index in [1.807, 2.05) is 30.8 Å². The minimum absolute atomic E-state index is 0.0356. The first-order chi connectivity index (χ1) is 28.8. The van der Waals surface area contributed by atoms with E-state index in [0.29, 0.717) is 67.4 Å². The topological polar surface area (TPSA) is 94.7 Å². The zero-order valence-electron chi connectivity index (χ0n) is 34.7. The molecule has 14 heteroatoms. The van der Waals surface area contributed by atoms with Crippen LogP contribution in [0.3, 0.4) is 0 Å². The lowest BCUT2D eigenvalue weighted by Crippen LogP contribution is -2.26. The number of hydrogen-bond acceptors (Lipinski definition) is 6. The number of amides is 2. The SMILES string of the molecule is COc1ccc(Cl)cc1CN(C)C(=O)CCCn1cc(-c2ccc(F)cc2)cn1.COc1ccc(F)cc1CN(C)C(=O)CCCn1nc(C)c(-c2ccc(F)cc2)c1C. The summed E-state index contributed by atoms with van der Waals surface area (Å²) in [5, 5.41) is 9.52. The van der Waals surface area contributed by atoms with Crippen LogP contribution in [0.1, 0.15) is 48.2 Å². The van der Waals surface area contributed by atoms with Gasteiger partial charge < -0.3 is 19.3 Å². The number of halogens is 4. The largest absolute Gasteiger partial charge is 0.496 e. The molecule has 2 amide bonds. The molecule has 6 rings (SSSR count). The van der Waals surface area contributed by atoms with E-state index < -0.39 is 0 Å². The van der Waals surface area contributed by atoms with Gasteiger partial charge in [0, 0.05) is 92.3 Å². The third-order valence-corrected chi connectivity index (χ3v) is 10.3. The van der Waals surface area contributed by atoms with Crippen LogP contribution in [0.15, 0.2) is 97.3 Å². The van der Waals surface area contributed by atoms with Gasteiger partial charge in [-0.2, -0.15) is 10.2 Å². The number of carbonyl (C=O) groups excluding carboxylic acids is 2. The standard InChI is InChI=1S/C24H27F2N3O2.C22H23ClFN3O2/c1-16-24(18-7-9-20(25)10-8-18)17(2)29(27-16)13-5-6-23(30)28(3)15-19-14-21(26)11-12-22(19)31-4;1-26(14-17-12-19(23)7-10-21(17)29-2)22(28)4-3-11-27-15-18(13-25-27)16-5-8-20(24)9-6-16/h7-12,14H,5-6,13,15H2,1-4H3;5-10,12-13,15H,3-4,11,14H2,1-2H3. The molecule has 0 fully saturated rings. The lowest BCUT2D eigenvalue weighted by Gasteiger charge is -2.19. The molecule has 0 unspecified atom stereocenters. The van der Waals surface area contributed by atoms with E-state index in [1.165, 1.54) is 43.5 Å². The Hall–Kier alpha value is -6.08. The third kappa shape index (κ3) is 12.2. The first-order valence-corrected chi connectivity index (χ1v) is 19.8. The highest BCUT2D eigenvalue weighted by atomic mass is 35.5. The van der Waals surface area contributed by atoms with E-state index in [1.54, 1.807) is 84.3 Å². The van der Waals surface area contributed by atoms with Gasteiger partial charge in [-0.25, -0.2) is 13.2 Å². The molecule has 4 aromatic carbocycles. The van der Waals surface area contributed by atoms with E-state index in [2.05, 4.69) is 10.2 Å². The maximum Gasteiger partial charge on any atom is 0.222 e. The number of aromatic nitrogens is 4. The number of nitrogens with zero attached hydrogens (tertiary/aromatic N) is 6. The summed E-state index contributed by atoms with van der Waals surface area (Å²) in [6.45, 7) is 5.82. The van der Waals surface area contributed by atoms with Crippen LogP contribution < -0.4 is 9.47 Å². The molecule has 0 atom stereocenters. The lowest BCUT2D eigenvalue weighted by atomic mass is 10.0. The van der Waals surface area contributed by atoms with E-state index in [-0.39, 0.29) is 35.8 Å². The fourth-order valence-electron chi connectivity index (χ4n) is 6.81. The van der Waals surface area contributed by atoms with Crippen LogP contribution >= 0.6 is 11.6 Å². The van der Waals surface area contributed by atoms with Gasteiger partial charge in [0.15, 0.2) is 0 Å². The number of methoxy groups -OCH3 is 2. The Labute approximate surface area is 354 Å². The lowest BCUT2D eigenvalue weighted by molar-refractivity contribution is -0.131. The highest BCUT2D eigenvalue weighted by Gasteiger charge is 2.17. The van der Waals surface area contributed by atoms with Gasteiger partial charge in [0.25, 0.3) is 0 Å². The van der Waals surface area contributed by atoms with Gasteiger partial charge in [-0.05, 0) is 98.5 Å². The first kappa shape index (κ1) is 45.0. The number of ether oxygens (including phenoxy) is 2. The molecular weight excluding hydrogens is 793 g/mol. The molecule has 60 heavy (non-hydrogen) atoms. The second-order valence-corrected chi connectivity index (χ2v) is 14.8. The maximum atomic E-state index is 13.6. The Morgan fingerprint density at radius 1 is 0.683 bits per heavy atom. The number of rotatable bonds is 16. The van der Waals surface area contributed by atoms with E-state index in [4.69, 9.17) is 21.1 Å². The highest BCUT2D eigenvalue weighted by molar-refractivity contribution is 6.30. The molecule has 0 bridgehead atoms. The monoisotopic (exact) mass is 842 g/mol. The number of carbonyl (C=O) groups is 2. The minimum atomic E-state index is -0.363. The fraction of sp³-hybridized carbons (Fsp3) is 0.304. The molecule has 2 heterocycles. The summed E-state index contributed by atoms with van der Waals surface area (Å²) in [5.74, 6) is 0.364. The van der Waals surface area contributed by atoms with Crippen LogP contribution in [0, 0.1) is 31.3 Å². The van der Waals surface area contributed by atoms with Crippen molar-refractivity contribution < 1.29 is 32.2 Å². The molecule has 0 saturated carbocycles. The predicted octanol–water partition coefficient (Wildman–Crippen LogP) is 9.68. The molecule has 0 radical (unpaired) electrons. The number of hydrogen-bond donors (Lipinski definition) is 0. The van der Waals surface area contributed by atoms with E-state index in [9.17, 15) is 22.8 Å². The van der Waals surface area contributed by atoms with Crippen LogP contribution in [-0.4, -0.2) is 69.5 Å².